The fourth-order valence-corrected chi connectivity index (χ4v) is 6.24. The topological polar surface area (TPSA) is 44.3 Å². The Morgan fingerprint density at radius 1 is 0.533 bits per heavy atom. The Bertz CT molecular complexity index is 1490. The number of aryl methyl sites for hydroxylation is 2. The minimum Gasteiger partial charge on any atom is -0.507 e. The highest BCUT2D eigenvalue weighted by Gasteiger charge is 2.26. The smallest absolute Gasteiger partial charge is 0.123 e. The second kappa shape index (κ2) is 13.7. The molecule has 4 rings (SSSR count). The fraction of sp³-hybridized carbons (Fsp3) is 0.429. The van der Waals surface area contributed by atoms with Gasteiger partial charge in [-0.3, -0.25) is 0 Å². The molecule has 1 atom stereocenters. The van der Waals surface area contributed by atoms with Gasteiger partial charge in [-0.2, -0.15) is 0 Å². The fourth-order valence-electron chi connectivity index (χ4n) is 6.24. The number of aromatic hydroxyl groups is 1. The van der Waals surface area contributed by atoms with Crippen molar-refractivity contribution in [1.82, 2.24) is 0 Å². The zero-order valence-corrected chi connectivity index (χ0v) is 29.4. The lowest BCUT2D eigenvalue weighted by Gasteiger charge is -2.28. The van der Waals surface area contributed by atoms with E-state index in [4.69, 9.17) is 0 Å². The summed E-state index contributed by atoms with van der Waals surface area (Å²) in [4.78, 5) is 0. The Morgan fingerprint density at radius 2 is 0.889 bits per heavy atom. The van der Waals surface area contributed by atoms with Crippen molar-refractivity contribution in [3.8, 4) is 5.75 Å². The third kappa shape index (κ3) is 10.1. The average molecular weight is 605 g/mol. The molecule has 0 amide bonds. The van der Waals surface area contributed by atoms with E-state index in [1.807, 2.05) is 0 Å². The van der Waals surface area contributed by atoms with Gasteiger partial charge in [0.1, 0.15) is 5.75 Å². The molecule has 0 aliphatic heterocycles. The van der Waals surface area contributed by atoms with Crippen LogP contribution in [0.25, 0.3) is 0 Å². The van der Waals surface area contributed by atoms with E-state index in [9.17, 15) is 5.11 Å². The van der Waals surface area contributed by atoms with Crippen molar-refractivity contribution < 1.29 is 5.11 Å². The van der Waals surface area contributed by atoms with Crippen molar-refractivity contribution in [3.05, 3.63) is 113 Å². The first-order valence-corrected chi connectivity index (χ1v) is 16.7. The Labute approximate surface area is 273 Å². The van der Waals surface area contributed by atoms with E-state index >= 15 is 0 Å². The molecule has 1 unspecified atom stereocenters. The summed E-state index contributed by atoms with van der Waals surface area (Å²) in [5.41, 5.74) is 10.5. The molecule has 0 radical (unpaired) electrons. The molecule has 0 aliphatic carbocycles. The molecule has 0 fully saturated rings. The molecular formula is C42H56N2O. The zero-order chi connectivity index (χ0) is 33.0. The summed E-state index contributed by atoms with van der Waals surface area (Å²) in [6.45, 7) is 22.3. The minimum absolute atomic E-state index is 0.113. The number of phenolic OH excluding ortho intramolecular Hbond substituents is 1. The molecule has 240 valence electrons. The highest BCUT2D eigenvalue weighted by atomic mass is 16.3. The number of nitrogens with one attached hydrogen (secondary N) is 2. The van der Waals surface area contributed by atoms with Crippen LogP contribution in [0.4, 0.5) is 22.7 Å². The molecule has 0 bridgehead atoms. The van der Waals surface area contributed by atoms with Gasteiger partial charge >= 0.3 is 0 Å². The first kappa shape index (κ1) is 34.2. The van der Waals surface area contributed by atoms with Gasteiger partial charge in [0.25, 0.3) is 0 Å². The van der Waals surface area contributed by atoms with E-state index in [1.54, 1.807) is 0 Å². The number of hydrogen-bond donors (Lipinski definition) is 3. The van der Waals surface area contributed by atoms with Gasteiger partial charge in [0, 0.05) is 22.7 Å². The van der Waals surface area contributed by atoms with Crippen LogP contribution < -0.4 is 10.6 Å². The van der Waals surface area contributed by atoms with Gasteiger partial charge in [0.15, 0.2) is 0 Å². The lowest BCUT2D eigenvalue weighted by atomic mass is 9.78. The molecule has 45 heavy (non-hydrogen) atoms. The first-order chi connectivity index (χ1) is 21.0. The summed E-state index contributed by atoms with van der Waals surface area (Å²) in [6.07, 6.45) is 4.24. The normalized spacial score (nSPS) is 13.0. The molecule has 0 heterocycles. The number of phenols is 1. The van der Waals surface area contributed by atoms with E-state index in [0.717, 1.165) is 53.1 Å². The van der Waals surface area contributed by atoms with Gasteiger partial charge in [0.05, 0.1) is 0 Å². The van der Waals surface area contributed by atoms with Crippen LogP contribution in [0.5, 0.6) is 5.75 Å². The number of benzene rings is 4. The maximum absolute atomic E-state index is 11.1. The Morgan fingerprint density at radius 3 is 1.27 bits per heavy atom. The predicted octanol–water partition coefficient (Wildman–Crippen LogP) is 11.9. The highest BCUT2D eigenvalue weighted by molar-refractivity contribution is 5.66. The average Bonchev–Trinajstić information content (AvgIpc) is 2.93. The van der Waals surface area contributed by atoms with Crippen LogP contribution in [0.1, 0.15) is 103 Å². The number of rotatable bonds is 10. The molecule has 3 nitrogen and oxygen atoms in total. The van der Waals surface area contributed by atoms with E-state index in [1.165, 1.54) is 23.1 Å². The van der Waals surface area contributed by atoms with Crippen LogP contribution in [-0.2, 0) is 30.1 Å². The molecule has 0 aromatic heterocycles. The summed E-state index contributed by atoms with van der Waals surface area (Å²) >= 11 is 0. The first-order valence-electron chi connectivity index (χ1n) is 16.7. The maximum Gasteiger partial charge on any atom is 0.123 e. The minimum atomic E-state index is -0.113. The van der Waals surface area contributed by atoms with Crippen LogP contribution in [0.2, 0.25) is 0 Å². The highest BCUT2D eigenvalue weighted by Crippen LogP contribution is 2.40. The maximum atomic E-state index is 11.1. The molecule has 4 aromatic carbocycles. The molecule has 4 aromatic rings. The molecule has 0 aliphatic rings. The van der Waals surface area contributed by atoms with Crippen molar-refractivity contribution in [2.75, 3.05) is 10.6 Å². The van der Waals surface area contributed by atoms with E-state index in [0.29, 0.717) is 17.1 Å². The Hall–Kier alpha value is -3.72. The van der Waals surface area contributed by atoms with Gasteiger partial charge in [-0.1, -0.05) is 106 Å². The second-order valence-corrected chi connectivity index (χ2v) is 16.3. The summed E-state index contributed by atoms with van der Waals surface area (Å²) in [5, 5.41) is 18.1. The van der Waals surface area contributed by atoms with Gasteiger partial charge in [-0.15, -0.1) is 0 Å². The van der Waals surface area contributed by atoms with E-state index in [2.05, 4.69) is 165 Å². The van der Waals surface area contributed by atoms with Gasteiger partial charge in [-0.25, -0.2) is 0 Å². The second-order valence-electron chi connectivity index (χ2n) is 16.3. The predicted molar refractivity (Wildman–Crippen MR) is 196 cm³/mol. The lowest BCUT2D eigenvalue weighted by molar-refractivity contribution is 0.306. The summed E-state index contributed by atoms with van der Waals surface area (Å²) in [6, 6.07) is 30.4. The van der Waals surface area contributed by atoms with Gasteiger partial charge < -0.3 is 15.7 Å². The summed E-state index contributed by atoms with van der Waals surface area (Å²) in [5.74, 6) is 1.12. The third-order valence-electron chi connectivity index (χ3n) is 8.40. The van der Waals surface area contributed by atoms with Crippen LogP contribution in [0.15, 0.2) is 84.9 Å². The van der Waals surface area contributed by atoms with Crippen LogP contribution >= 0.6 is 0 Å². The molecule has 3 N–H and O–H groups in total. The third-order valence-corrected chi connectivity index (χ3v) is 8.40. The zero-order valence-electron chi connectivity index (χ0n) is 29.4. The summed E-state index contributed by atoms with van der Waals surface area (Å²) in [7, 11) is 0. The monoisotopic (exact) mass is 604 g/mol. The standard InChI is InChI=1S/C42H56N2O/c1-29(28-40(2,3)4)25-31-15-19-34(20-16-31)44-36-23-21-35(22-24-36)43-33-17-13-30(14-18-33)11-12-32-26-37(41(5,6)7)39(45)38(27-32)42(8,9)10/h13-24,26-27,29,43-45H,11-12,25,28H2,1-10H3. The van der Waals surface area contributed by atoms with E-state index < -0.39 is 0 Å². The largest absolute Gasteiger partial charge is 0.507 e. The van der Waals surface area contributed by atoms with Gasteiger partial charge in [0.2, 0.25) is 0 Å². The SMILES string of the molecule is CC(Cc1ccc(Nc2ccc(Nc3ccc(CCc4cc(C(C)(C)C)c(O)c(C(C)(C)C)c4)cc3)cc2)cc1)CC(C)(C)C. The van der Waals surface area contributed by atoms with E-state index in [-0.39, 0.29) is 10.8 Å². The van der Waals surface area contributed by atoms with Crippen molar-refractivity contribution in [3.63, 3.8) is 0 Å². The van der Waals surface area contributed by atoms with Crippen molar-refractivity contribution >= 4 is 22.7 Å². The number of hydrogen-bond acceptors (Lipinski definition) is 3. The quantitative estimate of drug-likeness (QED) is 0.169. The molecule has 3 heteroatoms. The Kier molecular flexibility index (Phi) is 10.4. The number of anilines is 4. The van der Waals surface area contributed by atoms with Gasteiger partial charge in [-0.05, 0) is 124 Å². The molecule has 0 saturated heterocycles. The molecule has 0 spiro atoms. The van der Waals surface area contributed by atoms with Crippen molar-refractivity contribution in [1.29, 1.82) is 0 Å². The van der Waals surface area contributed by atoms with Crippen LogP contribution in [0, 0.1) is 11.3 Å². The Balaban J connectivity index is 1.32. The van der Waals surface area contributed by atoms with Crippen LogP contribution in [-0.4, -0.2) is 5.11 Å². The summed E-state index contributed by atoms with van der Waals surface area (Å²) < 4.78 is 0. The van der Waals surface area contributed by atoms with Crippen molar-refractivity contribution in [2.24, 2.45) is 11.3 Å². The molecule has 0 saturated carbocycles. The van der Waals surface area contributed by atoms with Crippen LogP contribution in [0.3, 0.4) is 0 Å². The lowest BCUT2D eigenvalue weighted by Crippen LogP contribution is -2.18. The molecular weight excluding hydrogens is 548 g/mol. The van der Waals surface area contributed by atoms with Crippen molar-refractivity contribution in [2.45, 2.75) is 106 Å².